The maximum Gasteiger partial charge on any atom is 0.347 e. The number of ether oxygens (including phenoxy) is 2. The van der Waals surface area contributed by atoms with E-state index in [0.29, 0.717) is 5.56 Å². The second kappa shape index (κ2) is 7.08. The number of esters is 2. The van der Waals surface area contributed by atoms with Crippen LogP contribution in [-0.4, -0.2) is 25.2 Å². The van der Waals surface area contributed by atoms with Crippen molar-refractivity contribution < 1.29 is 19.1 Å². The molecule has 0 radical (unpaired) electrons. The second-order valence-electron chi connectivity index (χ2n) is 5.11. The molecular weight excluding hydrogens is 256 g/mol. The first-order chi connectivity index (χ1) is 9.72. The molecule has 2 rings (SSSR count). The molecule has 0 saturated heterocycles. The first kappa shape index (κ1) is 14.6. The predicted molar refractivity (Wildman–Crippen MR) is 74.2 cm³/mol. The molecule has 0 unspecified atom stereocenters. The van der Waals surface area contributed by atoms with Crippen molar-refractivity contribution in [1.82, 2.24) is 0 Å². The summed E-state index contributed by atoms with van der Waals surface area (Å²) in [5.74, 6) is -0.850. The minimum absolute atomic E-state index is 0.0730. The molecule has 108 valence electrons. The Morgan fingerprint density at radius 1 is 1.10 bits per heavy atom. The molecule has 1 aromatic carbocycles. The molecule has 0 aliphatic heterocycles. The van der Waals surface area contributed by atoms with Gasteiger partial charge in [-0.3, -0.25) is 0 Å². The monoisotopic (exact) mass is 276 g/mol. The van der Waals surface area contributed by atoms with Crippen LogP contribution in [0.4, 0.5) is 0 Å². The van der Waals surface area contributed by atoms with Crippen LogP contribution in [-0.2, 0) is 14.3 Å². The standard InChI is InChI=1S/C16H20O4/c1-19-16(18)14(12-8-4-2-5-9-12)20-15(17)13-10-6-3-7-11-13/h3,6-7,10-12,14H,2,4-5,8-9H2,1H3/t14-/m0/s1. The van der Waals surface area contributed by atoms with Crippen molar-refractivity contribution in [3.05, 3.63) is 35.9 Å². The van der Waals surface area contributed by atoms with Gasteiger partial charge in [0.2, 0.25) is 6.10 Å². The average Bonchev–Trinajstić information content (AvgIpc) is 2.53. The van der Waals surface area contributed by atoms with Gasteiger partial charge in [-0.15, -0.1) is 0 Å². The normalized spacial score (nSPS) is 17.2. The van der Waals surface area contributed by atoms with Crippen molar-refractivity contribution in [2.24, 2.45) is 5.92 Å². The number of methoxy groups -OCH3 is 1. The van der Waals surface area contributed by atoms with E-state index in [1.165, 1.54) is 13.5 Å². The third-order valence-corrected chi connectivity index (χ3v) is 3.75. The van der Waals surface area contributed by atoms with E-state index in [1.807, 2.05) is 6.07 Å². The lowest BCUT2D eigenvalue weighted by Gasteiger charge is -2.28. The molecule has 4 nitrogen and oxygen atoms in total. The van der Waals surface area contributed by atoms with Gasteiger partial charge in [-0.1, -0.05) is 37.5 Å². The Labute approximate surface area is 119 Å². The largest absolute Gasteiger partial charge is 0.466 e. The summed E-state index contributed by atoms with van der Waals surface area (Å²) in [4.78, 5) is 24.0. The number of hydrogen-bond donors (Lipinski definition) is 0. The third kappa shape index (κ3) is 3.59. The van der Waals surface area contributed by atoms with Crippen LogP contribution in [0.5, 0.6) is 0 Å². The lowest BCUT2D eigenvalue weighted by Crippen LogP contribution is -2.36. The van der Waals surface area contributed by atoms with Crippen molar-refractivity contribution in [2.45, 2.75) is 38.2 Å². The molecule has 0 N–H and O–H groups in total. The van der Waals surface area contributed by atoms with Crippen LogP contribution in [0.2, 0.25) is 0 Å². The average molecular weight is 276 g/mol. The van der Waals surface area contributed by atoms with Gasteiger partial charge in [0.1, 0.15) is 0 Å². The summed E-state index contributed by atoms with van der Waals surface area (Å²) in [5.41, 5.74) is 0.456. The van der Waals surface area contributed by atoms with Crippen LogP contribution >= 0.6 is 0 Å². The Kier molecular flexibility index (Phi) is 5.16. The molecule has 20 heavy (non-hydrogen) atoms. The lowest BCUT2D eigenvalue weighted by atomic mass is 9.85. The Morgan fingerprint density at radius 2 is 1.75 bits per heavy atom. The van der Waals surface area contributed by atoms with Gasteiger partial charge in [0.05, 0.1) is 12.7 Å². The highest BCUT2D eigenvalue weighted by Crippen LogP contribution is 2.29. The molecule has 1 atom stereocenters. The van der Waals surface area contributed by atoms with E-state index in [1.54, 1.807) is 24.3 Å². The van der Waals surface area contributed by atoms with Crippen molar-refractivity contribution in [3.63, 3.8) is 0 Å². The predicted octanol–water partition coefficient (Wildman–Crippen LogP) is 2.97. The SMILES string of the molecule is COC(=O)[C@@H](OC(=O)c1ccccc1)C1CCCCC1. The first-order valence-corrected chi connectivity index (χ1v) is 7.06. The quantitative estimate of drug-likeness (QED) is 0.793. The van der Waals surface area contributed by atoms with Gasteiger partial charge in [0, 0.05) is 5.92 Å². The fourth-order valence-electron chi connectivity index (χ4n) is 2.65. The van der Waals surface area contributed by atoms with Gasteiger partial charge in [-0.05, 0) is 25.0 Å². The highest BCUT2D eigenvalue weighted by molar-refractivity contribution is 5.91. The molecule has 1 saturated carbocycles. The summed E-state index contributed by atoms with van der Waals surface area (Å²) in [7, 11) is 1.33. The number of hydrogen-bond acceptors (Lipinski definition) is 4. The minimum Gasteiger partial charge on any atom is -0.466 e. The number of rotatable bonds is 4. The zero-order valence-electron chi connectivity index (χ0n) is 11.7. The van der Waals surface area contributed by atoms with Crippen molar-refractivity contribution in [3.8, 4) is 0 Å². The topological polar surface area (TPSA) is 52.6 Å². The molecule has 1 aromatic rings. The van der Waals surface area contributed by atoms with Crippen LogP contribution in [0, 0.1) is 5.92 Å². The summed E-state index contributed by atoms with van der Waals surface area (Å²) in [5, 5.41) is 0. The van der Waals surface area contributed by atoms with E-state index >= 15 is 0 Å². The van der Waals surface area contributed by atoms with Gasteiger partial charge in [-0.2, -0.15) is 0 Å². The molecule has 4 heteroatoms. The van der Waals surface area contributed by atoms with Gasteiger partial charge < -0.3 is 9.47 Å². The zero-order chi connectivity index (χ0) is 14.4. The number of benzene rings is 1. The summed E-state index contributed by atoms with van der Waals surface area (Å²) >= 11 is 0. The van der Waals surface area contributed by atoms with E-state index in [2.05, 4.69) is 0 Å². The van der Waals surface area contributed by atoms with E-state index in [4.69, 9.17) is 9.47 Å². The van der Waals surface area contributed by atoms with Crippen LogP contribution in [0.3, 0.4) is 0 Å². The van der Waals surface area contributed by atoms with E-state index in [9.17, 15) is 9.59 Å². The molecule has 0 bridgehead atoms. The second-order valence-corrected chi connectivity index (χ2v) is 5.11. The van der Waals surface area contributed by atoms with Crippen molar-refractivity contribution >= 4 is 11.9 Å². The maximum absolute atomic E-state index is 12.1. The minimum atomic E-state index is -0.784. The maximum atomic E-state index is 12.1. The molecule has 1 aliphatic rings. The van der Waals surface area contributed by atoms with Crippen molar-refractivity contribution in [2.75, 3.05) is 7.11 Å². The Balaban J connectivity index is 2.07. The fraction of sp³-hybridized carbons (Fsp3) is 0.500. The lowest BCUT2D eigenvalue weighted by molar-refractivity contribution is -0.154. The van der Waals surface area contributed by atoms with Crippen LogP contribution in [0.25, 0.3) is 0 Å². The summed E-state index contributed by atoms with van der Waals surface area (Å²) in [6.07, 6.45) is 4.34. The first-order valence-electron chi connectivity index (χ1n) is 7.06. The van der Waals surface area contributed by atoms with Crippen LogP contribution in [0.1, 0.15) is 42.5 Å². The van der Waals surface area contributed by atoms with E-state index in [0.717, 1.165) is 25.7 Å². The highest BCUT2D eigenvalue weighted by atomic mass is 16.6. The Bertz CT molecular complexity index is 449. The van der Waals surface area contributed by atoms with Crippen LogP contribution < -0.4 is 0 Å². The molecule has 1 aliphatic carbocycles. The summed E-state index contributed by atoms with van der Waals surface area (Å²) in [6, 6.07) is 8.72. The number of carbonyl (C=O) groups excluding carboxylic acids is 2. The molecule has 0 amide bonds. The van der Waals surface area contributed by atoms with Crippen molar-refractivity contribution in [1.29, 1.82) is 0 Å². The van der Waals surface area contributed by atoms with Gasteiger partial charge in [0.25, 0.3) is 0 Å². The van der Waals surface area contributed by atoms with E-state index < -0.39 is 18.0 Å². The third-order valence-electron chi connectivity index (χ3n) is 3.75. The zero-order valence-corrected chi connectivity index (χ0v) is 11.7. The van der Waals surface area contributed by atoms with Gasteiger partial charge >= 0.3 is 11.9 Å². The van der Waals surface area contributed by atoms with Gasteiger partial charge in [0.15, 0.2) is 0 Å². The van der Waals surface area contributed by atoms with Gasteiger partial charge in [-0.25, -0.2) is 9.59 Å². The Morgan fingerprint density at radius 3 is 2.35 bits per heavy atom. The summed E-state index contributed by atoms with van der Waals surface area (Å²) < 4.78 is 10.2. The number of carbonyl (C=O) groups is 2. The smallest absolute Gasteiger partial charge is 0.347 e. The van der Waals surface area contributed by atoms with E-state index in [-0.39, 0.29) is 5.92 Å². The molecule has 1 fully saturated rings. The highest BCUT2D eigenvalue weighted by Gasteiger charge is 2.33. The molecule has 0 spiro atoms. The molecular formula is C16H20O4. The molecule has 0 aromatic heterocycles. The summed E-state index contributed by atoms with van der Waals surface area (Å²) in [6.45, 7) is 0. The fourth-order valence-corrected chi connectivity index (χ4v) is 2.65. The van der Waals surface area contributed by atoms with Crippen LogP contribution in [0.15, 0.2) is 30.3 Å². The molecule has 0 heterocycles. The Hall–Kier alpha value is -1.84.